The van der Waals surface area contributed by atoms with Gasteiger partial charge in [0.05, 0.1) is 10.9 Å². The Hall–Kier alpha value is -1.63. The smallest absolute Gasteiger partial charge is 0.410 e. The summed E-state index contributed by atoms with van der Waals surface area (Å²) in [6.07, 6.45) is -0.146. The topological polar surface area (TPSA) is 49.9 Å². The molecule has 2 amide bonds. The van der Waals surface area contributed by atoms with Crippen LogP contribution in [0, 0.1) is 5.82 Å². The summed E-state index contributed by atoms with van der Waals surface area (Å²) < 4.78 is 19.0. The molecule has 1 atom stereocenters. The van der Waals surface area contributed by atoms with Crippen LogP contribution in [0.2, 0.25) is 0 Å². The average Bonchev–Trinajstić information content (AvgIpc) is 2.49. The van der Waals surface area contributed by atoms with E-state index >= 15 is 0 Å². The number of nitrogens with zero attached hydrogens (tertiary/aromatic N) is 2. The Labute approximate surface area is 156 Å². The molecule has 0 radical (unpaired) electrons. The number of piperazine rings is 1. The van der Waals surface area contributed by atoms with Crippen LogP contribution in [0.15, 0.2) is 22.7 Å². The summed E-state index contributed by atoms with van der Waals surface area (Å²) in [6.45, 7) is 8.75. The van der Waals surface area contributed by atoms with Crippen molar-refractivity contribution in [1.82, 2.24) is 9.80 Å². The SMILES string of the molecule is CC1CN(C(=O)Cc2ccc(F)c(Br)c2)CCN1C(=O)OC(C)(C)C. The summed E-state index contributed by atoms with van der Waals surface area (Å²) in [6, 6.07) is 4.45. The number of carbonyl (C=O) groups excluding carboxylic acids is 2. The van der Waals surface area contributed by atoms with Gasteiger partial charge in [-0.3, -0.25) is 4.79 Å². The Morgan fingerprint density at radius 3 is 2.56 bits per heavy atom. The van der Waals surface area contributed by atoms with Gasteiger partial charge in [0.25, 0.3) is 0 Å². The minimum atomic E-state index is -0.542. The van der Waals surface area contributed by atoms with Crippen molar-refractivity contribution in [2.24, 2.45) is 0 Å². The molecule has 1 heterocycles. The van der Waals surface area contributed by atoms with E-state index in [2.05, 4.69) is 15.9 Å². The Morgan fingerprint density at radius 2 is 2.00 bits per heavy atom. The minimum Gasteiger partial charge on any atom is -0.444 e. The molecule has 2 rings (SSSR count). The number of hydrogen-bond acceptors (Lipinski definition) is 3. The lowest BCUT2D eigenvalue weighted by molar-refractivity contribution is -0.133. The van der Waals surface area contributed by atoms with Crippen molar-refractivity contribution in [3.63, 3.8) is 0 Å². The number of hydrogen-bond donors (Lipinski definition) is 0. The van der Waals surface area contributed by atoms with Crippen molar-refractivity contribution in [3.8, 4) is 0 Å². The first-order valence-electron chi connectivity index (χ1n) is 8.28. The maximum atomic E-state index is 13.3. The highest BCUT2D eigenvalue weighted by atomic mass is 79.9. The van der Waals surface area contributed by atoms with E-state index in [-0.39, 0.29) is 30.3 Å². The summed E-state index contributed by atoms with van der Waals surface area (Å²) in [5, 5.41) is 0. The van der Waals surface area contributed by atoms with Crippen molar-refractivity contribution in [1.29, 1.82) is 0 Å². The number of amides is 2. The van der Waals surface area contributed by atoms with E-state index in [4.69, 9.17) is 4.74 Å². The van der Waals surface area contributed by atoms with Crippen LogP contribution in [-0.4, -0.2) is 53.1 Å². The van der Waals surface area contributed by atoms with E-state index in [0.717, 1.165) is 5.56 Å². The van der Waals surface area contributed by atoms with Gasteiger partial charge < -0.3 is 14.5 Å². The fourth-order valence-corrected chi connectivity index (χ4v) is 3.14. The molecule has 1 fully saturated rings. The van der Waals surface area contributed by atoms with E-state index in [9.17, 15) is 14.0 Å². The van der Waals surface area contributed by atoms with Crippen molar-refractivity contribution in [3.05, 3.63) is 34.1 Å². The minimum absolute atomic E-state index is 0.0332. The number of benzene rings is 1. The van der Waals surface area contributed by atoms with Crippen molar-refractivity contribution < 1.29 is 18.7 Å². The summed E-state index contributed by atoms with van der Waals surface area (Å²) in [5.41, 5.74) is 0.209. The third-order valence-electron chi connectivity index (χ3n) is 3.95. The van der Waals surface area contributed by atoms with Gasteiger partial charge in [-0.1, -0.05) is 6.07 Å². The molecule has 1 saturated heterocycles. The quantitative estimate of drug-likeness (QED) is 0.742. The van der Waals surface area contributed by atoms with E-state index in [1.807, 2.05) is 27.7 Å². The number of carbonyl (C=O) groups is 2. The van der Waals surface area contributed by atoms with Crippen LogP contribution in [0.25, 0.3) is 0 Å². The second-order valence-corrected chi connectivity index (χ2v) is 8.14. The molecule has 1 aliphatic rings. The summed E-state index contributed by atoms with van der Waals surface area (Å²) in [5.74, 6) is -0.384. The van der Waals surface area contributed by atoms with Crippen molar-refractivity contribution in [2.45, 2.75) is 45.8 Å². The average molecular weight is 415 g/mol. The molecular formula is C18H24BrFN2O3. The highest BCUT2D eigenvalue weighted by Gasteiger charge is 2.32. The van der Waals surface area contributed by atoms with Gasteiger partial charge in [0.2, 0.25) is 5.91 Å². The molecule has 1 aliphatic heterocycles. The van der Waals surface area contributed by atoms with Crippen LogP contribution in [0.5, 0.6) is 0 Å². The first-order valence-corrected chi connectivity index (χ1v) is 9.07. The molecule has 1 aromatic rings. The predicted molar refractivity (Wildman–Crippen MR) is 96.8 cm³/mol. The zero-order valence-corrected chi connectivity index (χ0v) is 16.6. The lowest BCUT2D eigenvalue weighted by Crippen LogP contribution is -2.56. The molecule has 1 aromatic carbocycles. The van der Waals surface area contributed by atoms with Crippen molar-refractivity contribution in [2.75, 3.05) is 19.6 Å². The van der Waals surface area contributed by atoms with Crippen LogP contribution < -0.4 is 0 Å². The van der Waals surface area contributed by atoms with Crippen LogP contribution in [0.1, 0.15) is 33.3 Å². The lowest BCUT2D eigenvalue weighted by atomic mass is 10.1. The van der Waals surface area contributed by atoms with Crippen molar-refractivity contribution >= 4 is 27.9 Å². The van der Waals surface area contributed by atoms with Gasteiger partial charge in [-0.05, 0) is 61.3 Å². The summed E-state index contributed by atoms with van der Waals surface area (Å²) in [7, 11) is 0. The molecule has 0 aromatic heterocycles. The lowest BCUT2D eigenvalue weighted by Gasteiger charge is -2.40. The van der Waals surface area contributed by atoms with Gasteiger partial charge in [-0.25, -0.2) is 9.18 Å². The van der Waals surface area contributed by atoms with Gasteiger partial charge in [0.15, 0.2) is 0 Å². The third-order valence-corrected chi connectivity index (χ3v) is 4.56. The van der Waals surface area contributed by atoms with Gasteiger partial charge in [-0.15, -0.1) is 0 Å². The Bertz CT molecular complexity index is 660. The molecule has 0 saturated carbocycles. The molecule has 7 heteroatoms. The normalized spacial score (nSPS) is 18.2. The standard InChI is InChI=1S/C18H24BrFN2O3/c1-12-11-21(7-8-22(12)17(24)25-18(2,3)4)16(23)10-13-5-6-15(20)14(19)9-13/h5-6,9,12H,7-8,10-11H2,1-4H3. The fourth-order valence-electron chi connectivity index (χ4n) is 2.71. The molecule has 0 N–H and O–H groups in total. The molecule has 0 bridgehead atoms. The highest BCUT2D eigenvalue weighted by Crippen LogP contribution is 2.19. The van der Waals surface area contributed by atoms with Crippen LogP contribution >= 0.6 is 15.9 Å². The van der Waals surface area contributed by atoms with Gasteiger partial charge >= 0.3 is 6.09 Å². The zero-order valence-electron chi connectivity index (χ0n) is 15.0. The molecule has 5 nitrogen and oxygen atoms in total. The fraction of sp³-hybridized carbons (Fsp3) is 0.556. The highest BCUT2D eigenvalue weighted by molar-refractivity contribution is 9.10. The van der Waals surface area contributed by atoms with Crippen LogP contribution in [-0.2, 0) is 16.0 Å². The van der Waals surface area contributed by atoms with E-state index in [1.54, 1.807) is 21.9 Å². The Balaban J connectivity index is 1.94. The second-order valence-electron chi connectivity index (χ2n) is 7.29. The monoisotopic (exact) mass is 414 g/mol. The maximum absolute atomic E-state index is 13.3. The Kier molecular flexibility index (Phi) is 6.08. The number of ether oxygens (including phenoxy) is 1. The Morgan fingerprint density at radius 1 is 1.32 bits per heavy atom. The largest absolute Gasteiger partial charge is 0.444 e. The molecular weight excluding hydrogens is 391 g/mol. The molecule has 25 heavy (non-hydrogen) atoms. The van der Waals surface area contributed by atoms with Gasteiger partial charge in [-0.2, -0.15) is 0 Å². The predicted octanol–water partition coefficient (Wildman–Crippen LogP) is 3.60. The van der Waals surface area contributed by atoms with Gasteiger partial charge in [0, 0.05) is 25.7 Å². The summed E-state index contributed by atoms with van der Waals surface area (Å²) >= 11 is 3.13. The first kappa shape index (κ1) is 19.7. The van der Waals surface area contributed by atoms with Gasteiger partial charge in [0.1, 0.15) is 11.4 Å². The molecule has 1 unspecified atom stereocenters. The maximum Gasteiger partial charge on any atom is 0.410 e. The van der Waals surface area contributed by atoms with E-state index < -0.39 is 5.60 Å². The number of halogens is 2. The van der Waals surface area contributed by atoms with Crippen LogP contribution in [0.3, 0.4) is 0 Å². The third kappa shape index (κ3) is 5.42. The van der Waals surface area contributed by atoms with E-state index in [0.29, 0.717) is 24.1 Å². The van der Waals surface area contributed by atoms with E-state index in [1.165, 1.54) is 6.07 Å². The number of rotatable bonds is 2. The summed E-state index contributed by atoms with van der Waals surface area (Å²) in [4.78, 5) is 28.1. The zero-order chi connectivity index (χ0) is 18.8. The molecule has 138 valence electrons. The second kappa shape index (κ2) is 7.72. The molecule has 0 spiro atoms. The first-order chi connectivity index (χ1) is 11.6. The molecule has 0 aliphatic carbocycles. The van der Waals surface area contributed by atoms with Crippen LogP contribution in [0.4, 0.5) is 9.18 Å².